The standard InChI is InChI=1S/C23H25FN2O4/c24-18-8-6-17(7-9-18)23(10-13-29-14-11-23)25-21(27)16-30-20-4-1-3-19(15-20)26-12-2-5-22(26)28/h1,3-4,6-9,15H,2,5,10-14,16H2,(H,25,27). The molecule has 2 aromatic rings. The van der Waals surface area contributed by atoms with Gasteiger partial charge in [-0.1, -0.05) is 18.2 Å². The summed E-state index contributed by atoms with van der Waals surface area (Å²) >= 11 is 0. The van der Waals surface area contributed by atoms with Crippen LogP contribution in [0.4, 0.5) is 10.1 Å². The van der Waals surface area contributed by atoms with Crippen molar-refractivity contribution in [2.45, 2.75) is 31.2 Å². The van der Waals surface area contributed by atoms with Gasteiger partial charge in [0, 0.05) is 37.9 Å². The highest BCUT2D eigenvalue weighted by atomic mass is 19.1. The lowest BCUT2D eigenvalue weighted by Crippen LogP contribution is -2.50. The van der Waals surface area contributed by atoms with Crippen molar-refractivity contribution >= 4 is 17.5 Å². The first-order valence-corrected chi connectivity index (χ1v) is 10.2. The lowest BCUT2D eigenvalue weighted by atomic mass is 9.82. The van der Waals surface area contributed by atoms with Gasteiger partial charge in [0.2, 0.25) is 5.91 Å². The second kappa shape index (κ2) is 8.83. The minimum Gasteiger partial charge on any atom is -0.484 e. The molecule has 0 bridgehead atoms. The number of amides is 2. The van der Waals surface area contributed by atoms with Gasteiger partial charge in [0.15, 0.2) is 6.61 Å². The molecule has 2 fully saturated rings. The fourth-order valence-corrected chi connectivity index (χ4v) is 4.09. The molecular weight excluding hydrogens is 387 g/mol. The van der Waals surface area contributed by atoms with Crippen LogP contribution in [0.2, 0.25) is 0 Å². The van der Waals surface area contributed by atoms with E-state index in [0.717, 1.165) is 17.7 Å². The number of carbonyl (C=O) groups excluding carboxylic acids is 2. The third kappa shape index (κ3) is 4.46. The Labute approximate surface area is 175 Å². The molecule has 2 amide bonds. The molecule has 0 aromatic heterocycles. The lowest BCUT2D eigenvalue weighted by Gasteiger charge is -2.38. The third-order valence-corrected chi connectivity index (χ3v) is 5.69. The van der Waals surface area contributed by atoms with E-state index in [2.05, 4.69) is 5.32 Å². The third-order valence-electron chi connectivity index (χ3n) is 5.69. The maximum absolute atomic E-state index is 13.4. The molecule has 2 aliphatic heterocycles. The second-order valence-electron chi connectivity index (χ2n) is 7.68. The summed E-state index contributed by atoms with van der Waals surface area (Å²) in [5.41, 5.74) is 1.04. The molecule has 0 unspecified atom stereocenters. The summed E-state index contributed by atoms with van der Waals surface area (Å²) in [6.07, 6.45) is 2.62. The smallest absolute Gasteiger partial charge is 0.258 e. The zero-order valence-corrected chi connectivity index (χ0v) is 16.7. The molecule has 4 rings (SSSR count). The highest BCUT2D eigenvalue weighted by Crippen LogP contribution is 2.32. The van der Waals surface area contributed by atoms with Crippen LogP contribution in [-0.4, -0.2) is 38.2 Å². The van der Waals surface area contributed by atoms with Crippen LogP contribution >= 0.6 is 0 Å². The Morgan fingerprint density at radius 3 is 2.63 bits per heavy atom. The normalized spacial score (nSPS) is 18.3. The lowest BCUT2D eigenvalue weighted by molar-refractivity contribution is -0.126. The predicted octanol–water partition coefficient (Wildman–Crippen LogP) is 3.15. The zero-order valence-electron chi connectivity index (χ0n) is 16.7. The summed E-state index contributed by atoms with van der Waals surface area (Å²) in [6, 6.07) is 13.4. The Balaban J connectivity index is 1.42. The van der Waals surface area contributed by atoms with E-state index in [1.165, 1.54) is 12.1 Å². The number of nitrogens with one attached hydrogen (secondary N) is 1. The van der Waals surface area contributed by atoms with E-state index < -0.39 is 5.54 Å². The van der Waals surface area contributed by atoms with Gasteiger partial charge in [-0.25, -0.2) is 4.39 Å². The van der Waals surface area contributed by atoms with Gasteiger partial charge >= 0.3 is 0 Å². The van der Waals surface area contributed by atoms with Crippen LogP contribution in [0.25, 0.3) is 0 Å². The number of rotatable bonds is 6. The number of ether oxygens (including phenoxy) is 2. The molecule has 0 atom stereocenters. The van der Waals surface area contributed by atoms with Crippen molar-refractivity contribution in [3.63, 3.8) is 0 Å². The fraction of sp³-hybridized carbons (Fsp3) is 0.391. The number of hydrogen-bond acceptors (Lipinski definition) is 4. The van der Waals surface area contributed by atoms with E-state index in [1.807, 2.05) is 12.1 Å². The molecule has 6 nitrogen and oxygen atoms in total. The van der Waals surface area contributed by atoms with Crippen LogP contribution in [-0.2, 0) is 19.9 Å². The first-order chi connectivity index (χ1) is 14.6. The molecule has 2 aromatic carbocycles. The number of hydrogen-bond donors (Lipinski definition) is 1. The van der Waals surface area contributed by atoms with E-state index in [0.29, 0.717) is 44.8 Å². The molecular formula is C23H25FN2O4. The monoisotopic (exact) mass is 412 g/mol. The highest BCUT2D eigenvalue weighted by molar-refractivity contribution is 5.95. The number of anilines is 1. The van der Waals surface area contributed by atoms with Gasteiger partial charge in [-0.2, -0.15) is 0 Å². The van der Waals surface area contributed by atoms with E-state index in [1.54, 1.807) is 29.2 Å². The first kappa shape index (κ1) is 20.3. The molecule has 30 heavy (non-hydrogen) atoms. The van der Waals surface area contributed by atoms with E-state index in [9.17, 15) is 14.0 Å². The Hall–Kier alpha value is -2.93. The maximum atomic E-state index is 13.4. The molecule has 2 aliphatic rings. The van der Waals surface area contributed by atoms with Gasteiger partial charge in [-0.3, -0.25) is 9.59 Å². The zero-order chi connectivity index (χ0) is 21.0. The van der Waals surface area contributed by atoms with Crippen molar-refractivity contribution in [3.8, 4) is 5.75 Å². The van der Waals surface area contributed by atoms with Crippen LogP contribution in [0.5, 0.6) is 5.75 Å². The minimum absolute atomic E-state index is 0.102. The molecule has 2 saturated heterocycles. The SMILES string of the molecule is O=C(COc1cccc(N2CCCC2=O)c1)NC1(c2ccc(F)cc2)CCOCC1. The van der Waals surface area contributed by atoms with Crippen molar-refractivity contribution in [3.05, 3.63) is 59.9 Å². The molecule has 0 aliphatic carbocycles. The number of halogens is 1. The minimum atomic E-state index is -0.601. The molecule has 0 saturated carbocycles. The Morgan fingerprint density at radius 2 is 1.93 bits per heavy atom. The average molecular weight is 412 g/mol. The van der Waals surface area contributed by atoms with Gasteiger partial charge in [0.1, 0.15) is 11.6 Å². The number of nitrogens with zero attached hydrogens (tertiary/aromatic N) is 1. The van der Waals surface area contributed by atoms with Crippen molar-refractivity contribution in [2.24, 2.45) is 0 Å². The molecule has 0 spiro atoms. The van der Waals surface area contributed by atoms with E-state index >= 15 is 0 Å². The predicted molar refractivity (Wildman–Crippen MR) is 110 cm³/mol. The van der Waals surface area contributed by atoms with Gasteiger partial charge < -0.3 is 19.7 Å². The van der Waals surface area contributed by atoms with Crippen molar-refractivity contribution in [1.29, 1.82) is 0 Å². The molecule has 2 heterocycles. The maximum Gasteiger partial charge on any atom is 0.258 e. The Bertz CT molecular complexity index is 910. The van der Waals surface area contributed by atoms with Crippen molar-refractivity contribution in [1.82, 2.24) is 5.32 Å². The van der Waals surface area contributed by atoms with Gasteiger partial charge in [0.25, 0.3) is 5.91 Å². The first-order valence-electron chi connectivity index (χ1n) is 10.2. The molecule has 7 heteroatoms. The number of benzene rings is 2. The summed E-state index contributed by atoms with van der Waals surface area (Å²) in [5.74, 6) is 0.0617. The molecule has 0 radical (unpaired) electrons. The molecule has 158 valence electrons. The van der Waals surface area contributed by atoms with Crippen LogP contribution in [0.1, 0.15) is 31.2 Å². The van der Waals surface area contributed by atoms with Crippen LogP contribution in [0, 0.1) is 5.82 Å². The second-order valence-corrected chi connectivity index (χ2v) is 7.68. The Kier molecular flexibility index (Phi) is 5.99. The summed E-state index contributed by atoms with van der Waals surface area (Å²) in [6.45, 7) is 1.58. The van der Waals surface area contributed by atoms with E-state index in [-0.39, 0.29) is 24.2 Å². The summed E-state index contributed by atoms with van der Waals surface area (Å²) in [4.78, 5) is 26.4. The number of carbonyl (C=O) groups is 2. The molecule has 1 N–H and O–H groups in total. The van der Waals surface area contributed by atoms with Crippen LogP contribution < -0.4 is 15.0 Å². The largest absolute Gasteiger partial charge is 0.484 e. The quantitative estimate of drug-likeness (QED) is 0.792. The fourth-order valence-electron chi connectivity index (χ4n) is 4.09. The topological polar surface area (TPSA) is 67.9 Å². The summed E-state index contributed by atoms with van der Waals surface area (Å²) < 4.78 is 24.5. The van der Waals surface area contributed by atoms with Crippen molar-refractivity contribution in [2.75, 3.05) is 31.3 Å². The summed E-state index contributed by atoms with van der Waals surface area (Å²) in [5, 5.41) is 3.08. The van der Waals surface area contributed by atoms with Gasteiger partial charge in [0.05, 0.1) is 5.54 Å². The van der Waals surface area contributed by atoms with Crippen LogP contribution in [0.15, 0.2) is 48.5 Å². The highest BCUT2D eigenvalue weighted by Gasteiger charge is 2.36. The van der Waals surface area contributed by atoms with Crippen LogP contribution in [0.3, 0.4) is 0 Å². The average Bonchev–Trinajstić information content (AvgIpc) is 3.19. The summed E-state index contributed by atoms with van der Waals surface area (Å²) in [7, 11) is 0. The van der Waals surface area contributed by atoms with E-state index in [4.69, 9.17) is 9.47 Å². The van der Waals surface area contributed by atoms with Gasteiger partial charge in [-0.05, 0) is 49.1 Å². The van der Waals surface area contributed by atoms with Crippen molar-refractivity contribution < 1.29 is 23.5 Å². The Morgan fingerprint density at radius 1 is 1.17 bits per heavy atom. The van der Waals surface area contributed by atoms with Gasteiger partial charge in [-0.15, -0.1) is 0 Å².